The van der Waals surface area contributed by atoms with E-state index in [1.54, 1.807) is 17.4 Å². The van der Waals surface area contributed by atoms with Crippen molar-refractivity contribution in [2.24, 2.45) is 0 Å². The molecule has 118 valence electrons. The number of ether oxygens (including phenoxy) is 1. The molecule has 0 radical (unpaired) electrons. The number of nitrogens with two attached hydrogens (primary N) is 1. The minimum Gasteiger partial charge on any atom is -0.457 e. The van der Waals surface area contributed by atoms with Crippen molar-refractivity contribution in [3.8, 4) is 22.1 Å². The maximum atomic E-state index is 6.11. The summed E-state index contributed by atoms with van der Waals surface area (Å²) in [5.74, 6) is 1.57. The Bertz CT molecular complexity index is 1010. The largest absolute Gasteiger partial charge is 0.457 e. The minimum absolute atomic E-state index is 0.542. The van der Waals surface area contributed by atoms with Crippen molar-refractivity contribution in [1.29, 1.82) is 0 Å². The second kappa shape index (κ2) is 6.15. The molecule has 5 heteroatoms. The third kappa shape index (κ3) is 2.94. The minimum atomic E-state index is 0.542. The maximum absolute atomic E-state index is 6.11. The monoisotopic (exact) mass is 352 g/mol. The molecule has 1 aromatic heterocycles. The summed E-state index contributed by atoms with van der Waals surface area (Å²) < 4.78 is 6.96. The zero-order valence-corrected chi connectivity index (χ0v) is 14.1. The van der Waals surface area contributed by atoms with Crippen LogP contribution in [0.15, 0.2) is 66.7 Å². The van der Waals surface area contributed by atoms with E-state index >= 15 is 0 Å². The van der Waals surface area contributed by atoms with Crippen LogP contribution in [0.25, 0.3) is 20.8 Å². The quantitative estimate of drug-likeness (QED) is 0.460. The highest BCUT2D eigenvalue weighted by Gasteiger charge is 2.09. The summed E-state index contributed by atoms with van der Waals surface area (Å²) in [6, 6.07) is 21.2. The predicted molar refractivity (Wildman–Crippen MR) is 101 cm³/mol. The molecule has 2 N–H and O–H groups in total. The summed E-state index contributed by atoms with van der Waals surface area (Å²) in [6.07, 6.45) is 0. The molecule has 4 rings (SSSR count). The van der Waals surface area contributed by atoms with Gasteiger partial charge in [0.15, 0.2) is 0 Å². The van der Waals surface area contributed by atoms with Crippen LogP contribution in [0.3, 0.4) is 0 Å². The number of hydrogen-bond acceptors (Lipinski definition) is 4. The zero-order valence-electron chi connectivity index (χ0n) is 12.6. The van der Waals surface area contributed by atoms with Crippen LogP contribution in [-0.4, -0.2) is 4.98 Å². The number of anilines is 1. The van der Waals surface area contributed by atoms with Gasteiger partial charge in [0.05, 0.1) is 20.9 Å². The van der Waals surface area contributed by atoms with Crippen LogP contribution in [0.1, 0.15) is 0 Å². The molecule has 0 unspecified atom stereocenters. The van der Waals surface area contributed by atoms with E-state index in [-0.39, 0.29) is 0 Å². The van der Waals surface area contributed by atoms with Gasteiger partial charge in [0.2, 0.25) is 0 Å². The Labute approximate surface area is 148 Å². The van der Waals surface area contributed by atoms with Crippen molar-refractivity contribution in [3.05, 3.63) is 71.8 Å². The fraction of sp³-hybridized carbons (Fsp3) is 0. The highest BCUT2D eigenvalue weighted by Crippen LogP contribution is 2.35. The van der Waals surface area contributed by atoms with Gasteiger partial charge < -0.3 is 10.5 Å². The summed E-state index contributed by atoms with van der Waals surface area (Å²) in [4.78, 5) is 4.70. The Morgan fingerprint density at radius 3 is 2.54 bits per heavy atom. The Morgan fingerprint density at radius 2 is 1.75 bits per heavy atom. The highest BCUT2D eigenvalue weighted by molar-refractivity contribution is 7.21. The topological polar surface area (TPSA) is 48.1 Å². The average molecular weight is 353 g/mol. The first kappa shape index (κ1) is 15.0. The van der Waals surface area contributed by atoms with Crippen LogP contribution in [0.4, 0.5) is 5.69 Å². The molecule has 0 atom stereocenters. The summed E-state index contributed by atoms with van der Waals surface area (Å²) in [6.45, 7) is 0. The molecule has 0 bridgehead atoms. The molecular formula is C19H13ClN2OS. The van der Waals surface area contributed by atoms with E-state index in [1.807, 2.05) is 60.7 Å². The van der Waals surface area contributed by atoms with Gasteiger partial charge in [-0.25, -0.2) is 4.98 Å². The normalized spacial score (nSPS) is 10.9. The van der Waals surface area contributed by atoms with Crippen molar-refractivity contribution in [1.82, 2.24) is 4.98 Å². The second-order valence-corrected chi connectivity index (χ2v) is 6.74. The Hall–Kier alpha value is -2.56. The number of nitrogens with zero attached hydrogens (tertiary/aromatic N) is 1. The lowest BCUT2D eigenvalue weighted by molar-refractivity contribution is 0.483. The predicted octanol–water partition coefficient (Wildman–Crippen LogP) is 5.99. The van der Waals surface area contributed by atoms with Gasteiger partial charge in [-0.15, -0.1) is 11.3 Å². The zero-order chi connectivity index (χ0) is 16.5. The fourth-order valence-electron chi connectivity index (χ4n) is 2.38. The third-order valence-electron chi connectivity index (χ3n) is 3.59. The maximum Gasteiger partial charge on any atom is 0.129 e. The number of fused-ring (bicyclic) bond motifs is 1. The molecule has 0 spiro atoms. The van der Waals surface area contributed by atoms with Gasteiger partial charge in [-0.3, -0.25) is 0 Å². The molecule has 0 saturated carbocycles. The van der Waals surface area contributed by atoms with Crippen LogP contribution >= 0.6 is 22.9 Å². The molecule has 4 aromatic rings. The van der Waals surface area contributed by atoms with Crippen molar-refractivity contribution in [3.63, 3.8) is 0 Å². The molecule has 3 aromatic carbocycles. The van der Waals surface area contributed by atoms with E-state index in [1.165, 1.54) is 0 Å². The number of thiazole rings is 1. The standard InChI is InChI=1S/C19H13ClN2OS/c20-15-10-12(6-8-16(15)21)19-22-17-11-14(7-9-18(17)24-19)23-13-4-2-1-3-5-13/h1-11H,21H2. The SMILES string of the molecule is Nc1ccc(-c2nc3cc(Oc4ccccc4)ccc3s2)cc1Cl. The Morgan fingerprint density at radius 1 is 0.917 bits per heavy atom. The van der Waals surface area contributed by atoms with Crippen molar-refractivity contribution in [2.45, 2.75) is 0 Å². The first-order valence-corrected chi connectivity index (χ1v) is 8.57. The number of aromatic nitrogens is 1. The number of para-hydroxylation sites is 1. The van der Waals surface area contributed by atoms with Gasteiger partial charge in [0.1, 0.15) is 16.5 Å². The van der Waals surface area contributed by atoms with Crippen LogP contribution < -0.4 is 10.5 Å². The molecule has 3 nitrogen and oxygen atoms in total. The number of halogens is 1. The summed E-state index contributed by atoms with van der Waals surface area (Å²) in [7, 11) is 0. The van der Waals surface area contributed by atoms with E-state index < -0.39 is 0 Å². The molecule has 0 aliphatic rings. The van der Waals surface area contributed by atoms with E-state index in [0.717, 1.165) is 32.3 Å². The van der Waals surface area contributed by atoms with Gasteiger partial charge in [-0.05, 0) is 42.5 Å². The van der Waals surface area contributed by atoms with Crippen LogP contribution in [0.5, 0.6) is 11.5 Å². The van der Waals surface area contributed by atoms with Gasteiger partial charge >= 0.3 is 0 Å². The molecular weight excluding hydrogens is 340 g/mol. The molecule has 0 saturated heterocycles. The summed E-state index contributed by atoms with van der Waals surface area (Å²) >= 11 is 7.72. The molecule has 0 aliphatic heterocycles. The van der Waals surface area contributed by atoms with E-state index in [9.17, 15) is 0 Å². The van der Waals surface area contributed by atoms with E-state index in [2.05, 4.69) is 0 Å². The van der Waals surface area contributed by atoms with Gasteiger partial charge in [-0.1, -0.05) is 29.8 Å². The fourth-order valence-corrected chi connectivity index (χ4v) is 3.50. The lowest BCUT2D eigenvalue weighted by atomic mass is 10.2. The number of benzene rings is 3. The molecule has 0 fully saturated rings. The van der Waals surface area contributed by atoms with Crippen molar-refractivity contribution < 1.29 is 4.74 Å². The lowest BCUT2D eigenvalue weighted by Gasteiger charge is -2.04. The molecule has 0 amide bonds. The van der Waals surface area contributed by atoms with Crippen LogP contribution in [-0.2, 0) is 0 Å². The van der Waals surface area contributed by atoms with E-state index in [0.29, 0.717) is 10.7 Å². The van der Waals surface area contributed by atoms with Crippen LogP contribution in [0.2, 0.25) is 5.02 Å². The van der Waals surface area contributed by atoms with Gasteiger partial charge in [-0.2, -0.15) is 0 Å². The van der Waals surface area contributed by atoms with Crippen molar-refractivity contribution in [2.75, 3.05) is 5.73 Å². The summed E-state index contributed by atoms with van der Waals surface area (Å²) in [5, 5.41) is 1.45. The second-order valence-electron chi connectivity index (χ2n) is 5.30. The Kier molecular flexibility index (Phi) is 3.84. The average Bonchev–Trinajstić information content (AvgIpc) is 3.01. The molecule has 0 aliphatic carbocycles. The summed E-state index contributed by atoms with van der Waals surface area (Å²) in [5.41, 5.74) is 8.20. The van der Waals surface area contributed by atoms with Crippen molar-refractivity contribution >= 4 is 38.8 Å². The van der Waals surface area contributed by atoms with E-state index in [4.69, 9.17) is 27.1 Å². The number of nitrogen functional groups attached to an aromatic ring is 1. The number of hydrogen-bond donors (Lipinski definition) is 1. The lowest BCUT2D eigenvalue weighted by Crippen LogP contribution is -1.86. The first-order chi connectivity index (χ1) is 11.7. The van der Waals surface area contributed by atoms with Gasteiger partial charge in [0, 0.05) is 11.6 Å². The number of rotatable bonds is 3. The third-order valence-corrected chi connectivity index (χ3v) is 5.00. The Balaban J connectivity index is 1.69. The molecule has 24 heavy (non-hydrogen) atoms. The molecule has 1 heterocycles. The smallest absolute Gasteiger partial charge is 0.129 e. The van der Waals surface area contributed by atoms with Gasteiger partial charge in [0.25, 0.3) is 0 Å². The first-order valence-electron chi connectivity index (χ1n) is 7.38. The van der Waals surface area contributed by atoms with Crippen LogP contribution in [0, 0.1) is 0 Å². The highest BCUT2D eigenvalue weighted by atomic mass is 35.5.